The Labute approximate surface area is 267 Å². The molecule has 0 unspecified atom stereocenters. The van der Waals surface area contributed by atoms with Gasteiger partial charge in [-0.3, -0.25) is 0 Å². The van der Waals surface area contributed by atoms with Gasteiger partial charge in [-0.2, -0.15) is 79.0 Å². The van der Waals surface area contributed by atoms with E-state index in [0.717, 1.165) is 13.8 Å². The van der Waals surface area contributed by atoms with Gasteiger partial charge in [0.1, 0.15) is 28.6 Å². The molecule has 0 atom stereocenters. The van der Waals surface area contributed by atoms with Crippen LogP contribution in [-0.2, 0) is 37.1 Å². The van der Waals surface area contributed by atoms with E-state index in [1.807, 2.05) is 0 Å². The van der Waals surface area contributed by atoms with E-state index in [9.17, 15) is 79.0 Å². The first-order chi connectivity index (χ1) is 22.4. The molecule has 0 aliphatic carbocycles. The molecule has 0 saturated carbocycles. The lowest BCUT2D eigenvalue weighted by molar-refractivity contribution is -0.144. The largest absolute Gasteiger partial charge is 0.864 e. The molecule has 0 radical (unpaired) electrons. The number of ether oxygens (including phenoxy) is 1. The first kappa shape index (κ1) is 40.1. The monoisotopic (exact) mass is 756 g/mol. The molecule has 50 heavy (non-hydrogen) atoms. The molecule has 4 nitrogen and oxygen atoms in total. The average molecular weight is 756 g/mol. The molecule has 0 heterocycles. The number of benzene rings is 3. The van der Waals surface area contributed by atoms with Crippen LogP contribution in [0.1, 0.15) is 47.2 Å². The Morgan fingerprint density at radius 1 is 0.400 bits per heavy atom. The van der Waals surface area contributed by atoms with Gasteiger partial charge in [-0.25, -0.2) is 0 Å². The lowest BCUT2D eigenvalue weighted by Crippen LogP contribution is -2.38. The Morgan fingerprint density at radius 2 is 0.700 bits per heavy atom. The van der Waals surface area contributed by atoms with E-state index >= 15 is 0 Å². The summed E-state index contributed by atoms with van der Waals surface area (Å²) in [4.78, 5) is 0. The molecule has 3 rings (SSSR count). The second-order valence-corrected chi connectivity index (χ2v) is 10.1. The third-order valence-electron chi connectivity index (χ3n) is 5.85. The summed E-state index contributed by atoms with van der Waals surface area (Å²) in [6.07, 6.45) is -35.0. The Kier molecular flexibility index (Phi) is 10.8. The Hall–Kier alpha value is -4.34. The van der Waals surface area contributed by atoms with Crippen molar-refractivity contribution in [3.63, 3.8) is 0 Å². The number of hydrogen-bond donors (Lipinski definition) is 0. The minimum Gasteiger partial charge on any atom is -0.490 e. The molecular weight excluding hydrogens is 741 g/mol. The van der Waals surface area contributed by atoms with Crippen LogP contribution in [0.3, 0.4) is 0 Å². The molecule has 3 aromatic rings. The molecule has 276 valence electrons. The third kappa shape index (κ3) is 10.3. The highest BCUT2D eigenvalue weighted by atomic mass is 19.4. The predicted molar refractivity (Wildman–Crippen MR) is 133 cm³/mol. The molecule has 0 aliphatic heterocycles. The van der Waals surface area contributed by atoms with Crippen LogP contribution in [-0.4, -0.2) is 13.4 Å². The molecule has 0 aromatic heterocycles. The van der Waals surface area contributed by atoms with E-state index in [1.165, 1.54) is 0 Å². The fraction of sp³-hybridized carbons (Fsp3) is 0.333. The summed E-state index contributed by atoms with van der Waals surface area (Å²) >= 11 is 0. The van der Waals surface area contributed by atoms with Crippen LogP contribution in [0.2, 0.25) is 0 Å². The zero-order valence-electron chi connectivity index (χ0n) is 24.2. The Morgan fingerprint density at radius 3 is 0.980 bits per heavy atom. The fourth-order valence-electron chi connectivity index (χ4n) is 3.86. The SMILES string of the molecule is CC(C)Oc1cc(C(F)(F)F)cc(OB(Oc2cc(C(F)(F)F)cc(C(F)(F)F)c2)Oc2cc(C(F)(F)F)cc(C(F)(F)F)c2)c1C(F)(F)F. The molecule has 0 aliphatic rings. The average Bonchev–Trinajstić information content (AvgIpc) is 2.89. The molecule has 0 N–H and O–H groups in total. The standard InChI is InChI=1S/C27H15BF18O4/c1-11(2)47-19-9-16(26(41,42)43)10-20(21(19)27(44,45)46)50-28(48-17-5-12(22(29,30)31)3-13(6-17)23(32,33)34)49-18-7-14(24(35,36)37)4-15(8-18)25(38,39)40/h3-11H,1-2H3. The van der Waals surface area contributed by atoms with E-state index in [2.05, 4.69) is 14.0 Å². The maximum atomic E-state index is 14.2. The van der Waals surface area contributed by atoms with Gasteiger partial charge in [-0.15, -0.1) is 0 Å². The van der Waals surface area contributed by atoms with Crippen LogP contribution in [0, 0.1) is 0 Å². The van der Waals surface area contributed by atoms with Crippen molar-refractivity contribution in [3.8, 4) is 23.0 Å². The summed E-state index contributed by atoms with van der Waals surface area (Å²) < 4.78 is 264. The summed E-state index contributed by atoms with van der Waals surface area (Å²) in [6.45, 7) is 2.10. The van der Waals surface area contributed by atoms with Crippen molar-refractivity contribution in [2.24, 2.45) is 0 Å². The van der Waals surface area contributed by atoms with Gasteiger partial charge < -0.3 is 18.7 Å². The number of halogens is 18. The summed E-state index contributed by atoms with van der Waals surface area (Å²) in [6, 6.07) is -2.57. The van der Waals surface area contributed by atoms with E-state index in [-0.39, 0.29) is 30.3 Å². The van der Waals surface area contributed by atoms with Gasteiger partial charge in [-0.05, 0) is 62.4 Å². The predicted octanol–water partition coefficient (Wildman–Crippen LogP) is 11.1. The normalized spacial score (nSPS) is 13.4. The molecule has 3 aromatic carbocycles. The Bertz CT molecular complexity index is 1530. The molecule has 0 amide bonds. The molecule has 0 bridgehead atoms. The van der Waals surface area contributed by atoms with Crippen LogP contribution in [0.4, 0.5) is 79.0 Å². The highest BCUT2D eigenvalue weighted by molar-refractivity contribution is 6.39. The van der Waals surface area contributed by atoms with Crippen molar-refractivity contribution in [1.82, 2.24) is 0 Å². The molecule has 0 saturated heterocycles. The highest BCUT2D eigenvalue weighted by Crippen LogP contribution is 2.47. The smallest absolute Gasteiger partial charge is 0.490 e. The van der Waals surface area contributed by atoms with E-state index in [4.69, 9.17) is 4.74 Å². The first-order valence-corrected chi connectivity index (χ1v) is 12.9. The van der Waals surface area contributed by atoms with Gasteiger partial charge in [0, 0.05) is 0 Å². The minimum absolute atomic E-state index is 0.169. The van der Waals surface area contributed by atoms with Crippen LogP contribution < -0.4 is 18.7 Å². The van der Waals surface area contributed by atoms with Crippen molar-refractivity contribution >= 4 is 7.32 Å². The van der Waals surface area contributed by atoms with Gasteiger partial charge in [-0.1, -0.05) is 0 Å². The summed E-state index contributed by atoms with van der Waals surface area (Å²) in [5.41, 5.74) is -12.8. The van der Waals surface area contributed by atoms with E-state index in [1.54, 1.807) is 0 Å². The lowest BCUT2D eigenvalue weighted by Gasteiger charge is -2.24. The number of hydrogen-bond acceptors (Lipinski definition) is 4. The van der Waals surface area contributed by atoms with Crippen molar-refractivity contribution in [2.75, 3.05) is 0 Å². The molecule has 0 spiro atoms. The zero-order valence-corrected chi connectivity index (χ0v) is 24.2. The molecule has 23 heteroatoms. The van der Waals surface area contributed by atoms with Gasteiger partial charge in [0.25, 0.3) is 0 Å². The summed E-state index contributed by atoms with van der Waals surface area (Å²) in [5, 5.41) is 0. The fourth-order valence-corrected chi connectivity index (χ4v) is 3.86. The third-order valence-corrected chi connectivity index (χ3v) is 5.85. The maximum absolute atomic E-state index is 14.2. The van der Waals surface area contributed by atoms with Gasteiger partial charge >= 0.3 is 44.4 Å². The molecular formula is C27H15BF18O4. The second kappa shape index (κ2) is 13.4. The second-order valence-electron chi connectivity index (χ2n) is 10.1. The zero-order chi connectivity index (χ0) is 38.4. The topological polar surface area (TPSA) is 36.9 Å². The van der Waals surface area contributed by atoms with E-state index < -0.39 is 125 Å². The summed E-state index contributed by atoms with van der Waals surface area (Å²) in [7, 11) is -3.43. The van der Waals surface area contributed by atoms with E-state index in [0.29, 0.717) is 0 Å². The minimum atomic E-state index is -5.76. The van der Waals surface area contributed by atoms with Crippen LogP contribution in [0.5, 0.6) is 23.0 Å². The number of alkyl halides is 18. The van der Waals surface area contributed by atoms with Crippen molar-refractivity contribution in [2.45, 2.75) is 57.0 Å². The van der Waals surface area contributed by atoms with Crippen LogP contribution in [0.15, 0.2) is 48.5 Å². The van der Waals surface area contributed by atoms with Gasteiger partial charge in [0.05, 0.1) is 33.9 Å². The van der Waals surface area contributed by atoms with Crippen molar-refractivity contribution in [1.29, 1.82) is 0 Å². The van der Waals surface area contributed by atoms with Crippen LogP contribution >= 0.6 is 0 Å². The quantitative estimate of drug-likeness (QED) is 0.169. The Balaban J connectivity index is 2.35. The van der Waals surface area contributed by atoms with Crippen molar-refractivity contribution in [3.05, 3.63) is 81.9 Å². The van der Waals surface area contributed by atoms with Crippen molar-refractivity contribution < 1.29 is 97.7 Å². The van der Waals surface area contributed by atoms with Gasteiger partial charge in [0.2, 0.25) is 0 Å². The van der Waals surface area contributed by atoms with Crippen LogP contribution in [0.25, 0.3) is 0 Å². The van der Waals surface area contributed by atoms with Gasteiger partial charge in [0.15, 0.2) is 0 Å². The molecule has 0 fully saturated rings. The lowest BCUT2D eigenvalue weighted by atomic mass is 10.0. The maximum Gasteiger partial charge on any atom is 0.864 e. The highest BCUT2D eigenvalue weighted by Gasteiger charge is 2.46. The number of rotatable bonds is 8. The first-order valence-electron chi connectivity index (χ1n) is 12.9. The summed E-state index contributed by atoms with van der Waals surface area (Å²) in [5.74, 6) is -7.02.